The molecule has 3 rings (SSSR count). The zero-order valence-electron chi connectivity index (χ0n) is 18.4. The minimum atomic E-state index is -3.63. The lowest BCUT2D eigenvalue weighted by atomic mass is 10.1. The Morgan fingerprint density at radius 3 is 1.93 bits per heavy atom. The predicted octanol–water partition coefficient (Wildman–Crippen LogP) is 2.91. The second kappa shape index (κ2) is 8.00. The summed E-state index contributed by atoms with van der Waals surface area (Å²) in [6.07, 6.45) is 0. The van der Waals surface area contributed by atoms with Crippen LogP contribution in [0.1, 0.15) is 55.7 Å². The lowest BCUT2D eigenvalue weighted by Gasteiger charge is -2.34. The number of Topliss-reactive ketones (excluding diaryl/α,β-unsaturated/α-hetero) is 1. The van der Waals surface area contributed by atoms with Crippen molar-refractivity contribution in [2.75, 3.05) is 26.2 Å². The van der Waals surface area contributed by atoms with Gasteiger partial charge in [0, 0.05) is 37.4 Å². The number of carbonyl (C=O) groups is 2. The van der Waals surface area contributed by atoms with E-state index in [0.29, 0.717) is 40.5 Å². The Bertz CT molecular complexity index is 1100. The van der Waals surface area contributed by atoms with Gasteiger partial charge >= 0.3 is 0 Å². The van der Waals surface area contributed by atoms with E-state index in [9.17, 15) is 18.0 Å². The van der Waals surface area contributed by atoms with Crippen LogP contribution in [0.2, 0.25) is 0 Å². The van der Waals surface area contributed by atoms with Crippen molar-refractivity contribution in [2.45, 2.75) is 46.4 Å². The minimum Gasteiger partial charge on any atom is -0.354 e. The standard InChI is InChI=1S/C22H29N3O4S/c1-13-11-14(2)21(15(3)12-13)30(28,29)25-9-7-24(8-10-25)22(27)20-16(4)19(18(6)26)17(5)23-20/h11-12,23H,7-10H2,1-6H3. The van der Waals surface area contributed by atoms with E-state index in [4.69, 9.17) is 0 Å². The van der Waals surface area contributed by atoms with Gasteiger partial charge in [-0.15, -0.1) is 0 Å². The maximum absolute atomic E-state index is 13.2. The van der Waals surface area contributed by atoms with E-state index >= 15 is 0 Å². The third-order valence-corrected chi connectivity index (χ3v) is 7.94. The van der Waals surface area contributed by atoms with Crippen molar-refractivity contribution in [1.29, 1.82) is 0 Å². The Kier molecular flexibility index (Phi) is 5.93. The summed E-state index contributed by atoms with van der Waals surface area (Å²) in [4.78, 5) is 29.9. The van der Waals surface area contributed by atoms with Gasteiger partial charge < -0.3 is 9.88 Å². The highest BCUT2D eigenvalue weighted by Gasteiger charge is 2.33. The molecule has 30 heavy (non-hydrogen) atoms. The number of carbonyl (C=O) groups excluding carboxylic acids is 2. The van der Waals surface area contributed by atoms with E-state index in [-0.39, 0.29) is 24.8 Å². The van der Waals surface area contributed by atoms with Crippen LogP contribution >= 0.6 is 0 Å². The molecular formula is C22H29N3O4S. The van der Waals surface area contributed by atoms with E-state index in [1.54, 1.807) is 18.7 Å². The highest BCUT2D eigenvalue weighted by Crippen LogP contribution is 2.27. The lowest BCUT2D eigenvalue weighted by molar-refractivity contribution is 0.0691. The van der Waals surface area contributed by atoms with Gasteiger partial charge in [0.25, 0.3) is 5.91 Å². The van der Waals surface area contributed by atoms with Gasteiger partial charge in [0.05, 0.1) is 4.90 Å². The Morgan fingerprint density at radius 1 is 0.933 bits per heavy atom. The summed E-state index contributed by atoms with van der Waals surface area (Å²) in [6, 6.07) is 3.76. The van der Waals surface area contributed by atoms with Crippen molar-refractivity contribution in [2.24, 2.45) is 0 Å². The summed E-state index contributed by atoms with van der Waals surface area (Å²) in [6.45, 7) is 11.7. The molecule has 1 N–H and O–H groups in total. The summed E-state index contributed by atoms with van der Waals surface area (Å²) < 4.78 is 27.9. The van der Waals surface area contributed by atoms with E-state index in [2.05, 4.69) is 4.98 Å². The van der Waals surface area contributed by atoms with Gasteiger partial charge in [0.15, 0.2) is 5.78 Å². The summed E-state index contributed by atoms with van der Waals surface area (Å²) >= 11 is 0. The van der Waals surface area contributed by atoms with Gasteiger partial charge in [0.1, 0.15) is 5.69 Å². The molecule has 162 valence electrons. The fraction of sp³-hybridized carbons (Fsp3) is 0.455. The first-order valence-corrected chi connectivity index (χ1v) is 11.5. The number of rotatable bonds is 4. The maximum Gasteiger partial charge on any atom is 0.270 e. The van der Waals surface area contributed by atoms with E-state index in [1.165, 1.54) is 11.2 Å². The van der Waals surface area contributed by atoms with Gasteiger partial charge in [-0.1, -0.05) is 17.7 Å². The summed E-state index contributed by atoms with van der Waals surface area (Å²) in [5, 5.41) is 0. The first-order chi connectivity index (χ1) is 13.9. The van der Waals surface area contributed by atoms with Crippen LogP contribution in [0.5, 0.6) is 0 Å². The zero-order valence-corrected chi connectivity index (χ0v) is 19.2. The van der Waals surface area contributed by atoms with E-state index in [1.807, 2.05) is 32.9 Å². The SMILES string of the molecule is CC(=O)c1c(C)[nH]c(C(=O)N2CCN(S(=O)(=O)c3c(C)cc(C)cc3C)CC2)c1C. The van der Waals surface area contributed by atoms with Gasteiger partial charge in [-0.2, -0.15) is 4.31 Å². The average Bonchev–Trinajstić information content (AvgIpc) is 2.94. The summed E-state index contributed by atoms with van der Waals surface area (Å²) in [7, 11) is -3.63. The fourth-order valence-corrected chi connectivity index (χ4v) is 6.32. The number of ketones is 1. The molecule has 0 unspecified atom stereocenters. The second-order valence-electron chi connectivity index (χ2n) is 8.11. The molecule has 0 aliphatic carbocycles. The van der Waals surface area contributed by atoms with Crippen LogP contribution in [0.4, 0.5) is 0 Å². The molecule has 1 aromatic heterocycles. The number of H-pyrrole nitrogens is 1. The molecule has 0 atom stereocenters. The number of aryl methyl sites for hydroxylation is 4. The average molecular weight is 432 g/mol. The van der Waals surface area contributed by atoms with Crippen molar-refractivity contribution in [3.63, 3.8) is 0 Å². The van der Waals surface area contributed by atoms with Crippen molar-refractivity contribution in [3.8, 4) is 0 Å². The highest BCUT2D eigenvalue weighted by molar-refractivity contribution is 7.89. The van der Waals surface area contributed by atoms with Gasteiger partial charge in [-0.05, 0) is 58.2 Å². The molecule has 8 heteroatoms. The number of amides is 1. The van der Waals surface area contributed by atoms with Crippen molar-refractivity contribution < 1.29 is 18.0 Å². The monoisotopic (exact) mass is 431 g/mol. The van der Waals surface area contributed by atoms with Gasteiger partial charge in [-0.3, -0.25) is 9.59 Å². The number of piperazine rings is 1. The number of sulfonamides is 1. The quantitative estimate of drug-likeness (QED) is 0.754. The smallest absolute Gasteiger partial charge is 0.270 e. The number of aromatic amines is 1. The van der Waals surface area contributed by atoms with Crippen LogP contribution in [-0.4, -0.2) is 60.5 Å². The molecule has 0 saturated carbocycles. The normalized spacial score (nSPS) is 15.5. The van der Waals surface area contributed by atoms with Crippen LogP contribution < -0.4 is 0 Å². The molecule has 0 bridgehead atoms. The Hall–Kier alpha value is -2.45. The largest absolute Gasteiger partial charge is 0.354 e. The van der Waals surface area contributed by atoms with Crippen LogP contribution in [0.3, 0.4) is 0 Å². The fourth-order valence-electron chi connectivity index (χ4n) is 4.48. The molecule has 2 heterocycles. The molecule has 7 nitrogen and oxygen atoms in total. The topological polar surface area (TPSA) is 90.6 Å². The number of nitrogens with zero attached hydrogens (tertiary/aromatic N) is 2. The zero-order chi connectivity index (χ0) is 22.4. The highest BCUT2D eigenvalue weighted by atomic mass is 32.2. The van der Waals surface area contributed by atoms with E-state index < -0.39 is 10.0 Å². The molecule has 0 spiro atoms. The molecule has 1 aliphatic rings. The number of hydrogen-bond acceptors (Lipinski definition) is 4. The predicted molar refractivity (Wildman–Crippen MR) is 116 cm³/mol. The van der Waals surface area contributed by atoms with Gasteiger partial charge in [0.2, 0.25) is 10.0 Å². The molecule has 1 aliphatic heterocycles. The molecule has 1 aromatic carbocycles. The Labute approximate surface area is 178 Å². The minimum absolute atomic E-state index is 0.0833. The maximum atomic E-state index is 13.2. The third kappa shape index (κ3) is 3.81. The summed E-state index contributed by atoms with van der Waals surface area (Å²) in [5.74, 6) is -0.289. The molecule has 1 amide bonds. The molecule has 1 saturated heterocycles. The van der Waals surface area contributed by atoms with Crippen molar-refractivity contribution in [3.05, 3.63) is 51.3 Å². The molecule has 0 radical (unpaired) electrons. The summed E-state index contributed by atoms with van der Waals surface area (Å²) in [5.41, 5.74) is 4.77. The van der Waals surface area contributed by atoms with Crippen molar-refractivity contribution >= 4 is 21.7 Å². The number of hydrogen-bond donors (Lipinski definition) is 1. The second-order valence-corrected chi connectivity index (χ2v) is 9.98. The van der Waals surface area contributed by atoms with Crippen LogP contribution in [0.15, 0.2) is 17.0 Å². The number of nitrogens with one attached hydrogen (secondary N) is 1. The van der Waals surface area contributed by atoms with Crippen LogP contribution in [0, 0.1) is 34.6 Å². The molecule has 1 fully saturated rings. The lowest BCUT2D eigenvalue weighted by Crippen LogP contribution is -2.50. The first kappa shape index (κ1) is 22.2. The van der Waals surface area contributed by atoms with Crippen molar-refractivity contribution in [1.82, 2.24) is 14.2 Å². The number of benzene rings is 1. The van der Waals surface area contributed by atoms with Gasteiger partial charge in [-0.25, -0.2) is 8.42 Å². The first-order valence-electron chi connectivity index (χ1n) is 10.0. The van der Waals surface area contributed by atoms with Crippen LogP contribution in [0.25, 0.3) is 0 Å². The molecular weight excluding hydrogens is 402 g/mol. The Morgan fingerprint density at radius 2 is 1.47 bits per heavy atom. The molecule has 2 aromatic rings. The Balaban J connectivity index is 1.79. The number of aromatic nitrogens is 1. The van der Waals surface area contributed by atoms with Crippen LogP contribution in [-0.2, 0) is 10.0 Å². The third-order valence-electron chi connectivity index (χ3n) is 5.73. The van der Waals surface area contributed by atoms with E-state index in [0.717, 1.165) is 16.7 Å².